The summed E-state index contributed by atoms with van der Waals surface area (Å²) >= 11 is 0. The van der Waals surface area contributed by atoms with E-state index in [1.165, 1.54) is 5.56 Å². The predicted octanol–water partition coefficient (Wildman–Crippen LogP) is 1.99. The summed E-state index contributed by atoms with van der Waals surface area (Å²) in [7, 11) is 0. The molecule has 0 saturated heterocycles. The Morgan fingerprint density at radius 2 is 2.14 bits per heavy atom. The van der Waals surface area contributed by atoms with Crippen molar-refractivity contribution in [2.75, 3.05) is 6.54 Å². The molecule has 3 heteroatoms. The maximum Gasteiger partial charge on any atom is 0.0522 e. The summed E-state index contributed by atoms with van der Waals surface area (Å²) in [6, 6.07) is 0.435. The quantitative estimate of drug-likeness (QED) is 0.798. The second kappa shape index (κ2) is 4.13. The van der Waals surface area contributed by atoms with Gasteiger partial charge in [-0.1, -0.05) is 13.8 Å². The Labute approximate surface area is 86.3 Å². The molecule has 0 aliphatic carbocycles. The molecule has 14 heavy (non-hydrogen) atoms. The molecular weight excluding hydrogens is 174 g/mol. The summed E-state index contributed by atoms with van der Waals surface area (Å²) in [5.41, 5.74) is 7.14. The van der Waals surface area contributed by atoms with E-state index in [9.17, 15) is 0 Å². The van der Waals surface area contributed by atoms with E-state index in [1.807, 2.05) is 10.9 Å². The van der Waals surface area contributed by atoms with Crippen molar-refractivity contribution in [3.63, 3.8) is 0 Å². The molecule has 1 heterocycles. The van der Waals surface area contributed by atoms with Crippen LogP contribution in [0.2, 0.25) is 0 Å². The number of hydrogen-bond acceptors (Lipinski definition) is 2. The molecule has 0 spiro atoms. The summed E-state index contributed by atoms with van der Waals surface area (Å²) in [5.74, 6) is 0. The topological polar surface area (TPSA) is 43.8 Å². The van der Waals surface area contributed by atoms with Gasteiger partial charge >= 0.3 is 0 Å². The van der Waals surface area contributed by atoms with Crippen molar-refractivity contribution < 1.29 is 0 Å². The lowest BCUT2D eigenvalue weighted by Crippen LogP contribution is -2.25. The highest BCUT2D eigenvalue weighted by Gasteiger charge is 2.17. The van der Waals surface area contributed by atoms with E-state index in [1.54, 1.807) is 0 Å². The molecule has 0 unspecified atom stereocenters. The summed E-state index contributed by atoms with van der Waals surface area (Å²) < 4.78 is 1.99. The van der Waals surface area contributed by atoms with Crippen LogP contribution in [0.3, 0.4) is 0 Å². The molecule has 1 aromatic heterocycles. The molecule has 0 atom stereocenters. The molecule has 0 aromatic carbocycles. The number of nitrogens with zero attached hydrogens (tertiary/aromatic N) is 2. The summed E-state index contributed by atoms with van der Waals surface area (Å²) in [5, 5.41) is 4.31. The number of hydrogen-bond donors (Lipinski definition) is 1. The van der Waals surface area contributed by atoms with E-state index >= 15 is 0 Å². The van der Waals surface area contributed by atoms with Crippen LogP contribution in [0.1, 0.15) is 39.3 Å². The lowest BCUT2D eigenvalue weighted by atomic mass is 9.87. The molecule has 2 N–H and O–H groups in total. The zero-order valence-corrected chi connectivity index (χ0v) is 9.62. The van der Waals surface area contributed by atoms with Crippen LogP contribution in [-0.4, -0.2) is 16.3 Å². The average molecular weight is 195 g/mol. The molecular formula is C11H21N3. The minimum Gasteiger partial charge on any atom is -0.330 e. The Morgan fingerprint density at radius 3 is 2.57 bits per heavy atom. The highest BCUT2D eigenvalue weighted by Crippen LogP contribution is 2.20. The summed E-state index contributed by atoms with van der Waals surface area (Å²) in [4.78, 5) is 0. The molecule has 80 valence electrons. The van der Waals surface area contributed by atoms with Crippen LogP contribution in [0.5, 0.6) is 0 Å². The van der Waals surface area contributed by atoms with Crippen molar-refractivity contribution in [3.8, 4) is 0 Å². The molecule has 0 fully saturated rings. The first kappa shape index (κ1) is 11.2. The van der Waals surface area contributed by atoms with Crippen molar-refractivity contribution in [1.29, 1.82) is 0 Å². The van der Waals surface area contributed by atoms with Gasteiger partial charge in [-0.15, -0.1) is 0 Å². The van der Waals surface area contributed by atoms with Crippen LogP contribution in [0.25, 0.3) is 0 Å². The average Bonchev–Trinajstić information content (AvgIpc) is 2.52. The standard InChI is InChI=1S/C11H21N3/c1-9(2)14-7-10(6-13-14)5-11(3,4)8-12/h6-7,9H,5,8,12H2,1-4H3. The zero-order chi connectivity index (χ0) is 10.8. The first-order chi connectivity index (χ1) is 6.44. The van der Waals surface area contributed by atoms with Gasteiger partial charge < -0.3 is 5.73 Å². The van der Waals surface area contributed by atoms with Crippen LogP contribution in [0, 0.1) is 5.41 Å². The Kier molecular flexibility index (Phi) is 3.32. The third kappa shape index (κ3) is 2.84. The molecule has 0 bridgehead atoms. The van der Waals surface area contributed by atoms with Gasteiger partial charge in [-0.05, 0) is 37.8 Å². The molecule has 0 aliphatic heterocycles. The van der Waals surface area contributed by atoms with Crippen molar-refractivity contribution in [3.05, 3.63) is 18.0 Å². The molecule has 0 radical (unpaired) electrons. The van der Waals surface area contributed by atoms with Gasteiger partial charge in [-0.3, -0.25) is 4.68 Å². The molecule has 3 nitrogen and oxygen atoms in total. The fourth-order valence-corrected chi connectivity index (χ4v) is 1.38. The van der Waals surface area contributed by atoms with Gasteiger partial charge in [-0.25, -0.2) is 0 Å². The van der Waals surface area contributed by atoms with E-state index in [4.69, 9.17) is 5.73 Å². The van der Waals surface area contributed by atoms with E-state index in [2.05, 4.69) is 39.0 Å². The van der Waals surface area contributed by atoms with Crippen molar-refractivity contribution in [2.45, 2.75) is 40.2 Å². The Bertz CT molecular complexity index is 286. The Hall–Kier alpha value is -0.830. The maximum atomic E-state index is 5.69. The number of rotatable bonds is 4. The summed E-state index contributed by atoms with van der Waals surface area (Å²) in [6.45, 7) is 9.33. The zero-order valence-electron chi connectivity index (χ0n) is 9.62. The smallest absolute Gasteiger partial charge is 0.0522 e. The van der Waals surface area contributed by atoms with Gasteiger partial charge in [0.2, 0.25) is 0 Å². The fourth-order valence-electron chi connectivity index (χ4n) is 1.38. The van der Waals surface area contributed by atoms with Crippen LogP contribution in [-0.2, 0) is 6.42 Å². The van der Waals surface area contributed by atoms with Crippen molar-refractivity contribution >= 4 is 0 Å². The minimum absolute atomic E-state index is 0.171. The fraction of sp³-hybridized carbons (Fsp3) is 0.727. The van der Waals surface area contributed by atoms with Gasteiger partial charge in [0.05, 0.1) is 6.20 Å². The van der Waals surface area contributed by atoms with E-state index in [-0.39, 0.29) is 5.41 Å². The van der Waals surface area contributed by atoms with E-state index < -0.39 is 0 Å². The molecule has 0 amide bonds. The van der Waals surface area contributed by atoms with Gasteiger partial charge in [-0.2, -0.15) is 5.10 Å². The SMILES string of the molecule is CC(C)n1cc(CC(C)(C)CN)cn1. The van der Waals surface area contributed by atoms with Gasteiger partial charge in [0.25, 0.3) is 0 Å². The maximum absolute atomic E-state index is 5.69. The molecule has 0 aliphatic rings. The normalized spacial score (nSPS) is 12.4. The molecule has 0 saturated carbocycles. The molecule has 1 rings (SSSR count). The lowest BCUT2D eigenvalue weighted by molar-refractivity contribution is 0.376. The number of aromatic nitrogens is 2. The second-order valence-corrected chi connectivity index (χ2v) is 4.97. The monoisotopic (exact) mass is 195 g/mol. The van der Waals surface area contributed by atoms with Crippen LogP contribution < -0.4 is 5.73 Å². The van der Waals surface area contributed by atoms with Gasteiger partial charge in [0, 0.05) is 12.2 Å². The highest BCUT2D eigenvalue weighted by atomic mass is 15.3. The molecule has 1 aromatic rings. The second-order valence-electron chi connectivity index (χ2n) is 4.97. The van der Waals surface area contributed by atoms with Crippen LogP contribution >= 0.6 is 0 Å². The highest BCUT2D eigenvalue weighted by molar-refractivity contribution is 5.07. The van der Waals surface area contributed by atoms with Crippen molar-refractivity contribution in [2.24, 2.45) is 11.1 Å². The van der Waals surface area contributed by atoms with Crippen LogP contribution in [0.4, 0.5) is 0 Å². The van der Waals surface area contributed by atoms with Crippen molar-refractivity contribution in [1.82, 2.24) is 9.78 Å². The first-order valence-electron chi connectivity index (χ1n) is 5.18. The van der Waals surface area contributed by atoms with Crippen LogP contribution in [0.15, 0.2) is 12.4 Å². The van der Waals surface area contributed by atoms with Gasteiger partial charge in [0.1, 0.15) is 0 Å². The minimum atomic E-state index is 0.171. The lowest BCUT2D eigenvalue weighted by Gasteiger charge is -2.20. The predicted molar refractivity (Wildman–Crippen MR) is 59.2 cm³/mol. The van der Waals surface area contributed by atoms with E-state index in [0.29, 0.717) is 12.6 Å². The Morgan fingerprint density at radius 1 is 1.50 bits per heavy atom. The third-order valence-corrected chi connectivity index (χ3v) is 2.42. The first-order valence-corrected chi connectivity index (χ1v) is 5.18. The third-order valence-electron chi connectivity index (χ3n) is 2.42. The Balaban J connectivity index is 2.69. The summed E-state index contributed by atoms with van der Waals surface area (Å²) in [6.07, 6.45) is 5.05. The largest absolute Gasteiger partial charge is 0.330 e. The number of nitrogens with two attached hydrogens (primary N) is 1. The van der Waals surface area contributed by atoms with Gasteiger partial charge in [0.15, 0.2) is 0 Å². The van der Waals surface area contributed by atoms with E-state index in [0.717, 1.165) is 6.42 Å².